The van der Waals surface area contributed by atoms with Crippen LogP contribution in [-0.2, 0) is 22.4 Å². The van der Waals surface area contributed by atoms with E-state index in [0.717, 1.165) is 18.4 Å². The van der Waals surface area contributed by atoms with E-state index in [1.165, 1.54) is 12.7 Å². The van der Waals surface area contributed by atoms with E-state index in [4.69, 9.17) is 11.6 Å². The number of alkyl halides is 1. The molecular weight excluding hydrogens is 224 g/mol. The maximum absolute atomic E-state index is 11.2. The van der Waals surface area contributed by atoms with Gasteiger partial charge in [-0.3, -0.25) is 4.79 Å². The van der Waals surface area contributed by atoms with E-state index in [1.54, 1.807) is 0 Å². The number of hydrogen-bond acceptors (Lipinski definition) is 2. The Morgan fingerprint density at radius 3 is 2.56 bits per heavy atom. The monoisotopic (exact) mass is 240 g/mol. The number of rotatable bonds is 5. The number of methoxy groups -OCH3 is 1. The minimum atomic E-state index is -0.594. The highest BCUT2D eigenvalue weighted by Crippen LogP contribution is 2.16. The van der Waals surface area contributed by atoms with Crippen LogP contribution < -0.4 is 0 Å². The average Bonchev–Trinajstić information content (AvgIpc) is 2.31. The predicted octanol–water partition coefficient (Wildman–Crippen LogP) is 2.96. The third kappa shape index (κ3) is 3.53. The summed E-state index contributed by atoms with van der Waals surface area (Å²) >= 11 is 5.96. The van der Waals surface area contributed by atoms with E-state index in [0.29, 0.717) is 6.42 Å². The van der Waals surface area contributed by atoms with Gasteiger partial charge < -0.3 is 4.74 Å². The second-order valence-corrected chi connectivity index (χ2v) is 4.24. The Balaban J connectivity index is 2.75. The van der Waals surface area contributed by atoms with Crippen LogP contribution in [0.5, 0.6) is 0 Å². The average molecular weight is 241 g/mol. The quantitative estimate of drug-likeness (QED) is 0.584. The van der Waals surface area contributed by atoms with Crippen molar-refractivity contribution >= 4 is 17.6 Å². The van der Waals surface area contributed by atoms with Crippen LogP contribution in [0.15, 0.2) is 24.3 Å². The van der Waals surface area contributed by atoms with Gasteiger partial charge in [0.1, 0.15) is 5.38 Å². The summed E-state index contributed by atoms with van der Waals surface area (Å²) in [6, 6.07) is 8.08. The van der Waals surface area contributed by atoms with Crippen molar-refractivity contribution in [2.24, 2.45) is 0 Å². The van der Waals surface area contributed by atoms with Crippen molar-refractivity contribution in [3.8, 4) is 0 Å². The minimum Gasteiger partial charge on any atom is -0.468 e. The molecule has 0 aliphatic rings. The Morgan fingerprint density at radius 2 is 2.00 bits per heavy atom. The zero-order valence-electron chi connectivity index (χ0n) is 9.70. The Bertz CT molecular complexity index is 350. The van der Waals surface area contributed by atoms with Crippen LogP contribution in [0.4, 0.5) is 0 Å². The third-order valence-electron chi connectivity index (χ3n) is 2.49. The number of esters is 1. The topological polar surface area (TPSA) is 26.3 Å². The molecule has 0 amide bonds. The van der Waals surface area contributed by atoms with Crippen molar-refractivity contribution in [2.75, 3.05) is 7.11 Å². The highest BCUT2D eigenvalue weighted by Gasteiger charge is 2.17. The fraction of sp³-hybridized carbons (Fsp3) is 0.462. The molecule has 0 bridgehead atoms. The van der Waals surface area contributed by atoms with Gasteiger partial charge >= 0.3 is 5.97 Å². The number of hydrogen-bond donors (Lipinski definition) is 0. The van der Waals surface area contributed by atoms with Crippen LogP contribution in [-0.4, -0.2) is 18.5 Å². The highest BCUT2D eigenvalue weighted by atomic mass is 35.5. The summed E-state index contributed by atoms with van der Waals surface area (Å²) in [5, 5.41) is -0.594. The molecule has 1 unspecified atom stereocenters. The van der Waals surface area contributed by atoms with Gasteiger partial charge in [-0.05, 0) is 24.0 Å². The Kier molecular flexibility index (Phi) is 5.33. The SMILES string of the molecule is CCCc1ccccc1CC(Cl)C(=O)OC. The van der Waals surface area contributed by atoms with E-state index in [9.17, 15) is 4.79 Å². The van der Waals surface area contributed by atoms with E-state index in [-0.39, 0.29) is 5.97 Å². The molecular formula is C13H17ClO2. The molecule has 0 saturated carbocycles. The van der Waals surface area contributed by atoms with Crippen LogP contribution in [0, 0.1) is 0 Å². The van der Waals surface area contributed by atoms with Crippen LogP contribution in [0.3, 0.4) is 0 Å². The van der Waals surface area contributed by atoms with Gasteiger partial charge in [-0.25, -0.2) is 0 Å². The van der Waals surface area contributed by atoms with Crippen molar-refractivity contribution in [3.05, 3.63) is 35.4 Å². The van der Waals surface area contributed by atoms with Gasteiger partial charge in [0.05, 0.1) is 7.11 Å². The summed E-state index contributed by atoms with van der Waals surface area (Å²) < 4.78 is 4.61. The number of carbonyl (C=O) groups excluding carboxylic acids is 1. The Hall–Kier alpha value is -1.02. The van der Waals surface area contributed by atoms with Crippen LogP contribution in [0.1, 0.15) is 24.5 Å². The standard InChI is InChI=1S/C13H17ClO2/c1-3-6-10-7-4-5-8-11(10)9-12(14)13(15)16-2/h4-5,7-8,12H,3,6,9H2,1-2H3. The number of halogens is 1. The largest absolute Gasteiger partial charge is 0.468 e. The predicted molar refractivity (Wildman–Crippen MR) is 65.8 cm³/mol. The summed E-state index contributed by atoms with van der Waals surface area (Å²) in [7, 11) is 1.36. The van der Waals surface area contributed by atoms with Gasteiger partial charge in [-0.15, -0.1) is 11.6 Å². The number of carbonyl (C=O) groups is 1. The molecule has 0 saturated heterocycles. The molecule has 1 atom stereocenters. The maximum Gasteiger partial charge on any atom is 0.324 e. The van der Waals surface area contributed by atoms with Gasteiger partial charge in [-0.2, -0.15) is 0 Å². The van der Waals surface area contributed by atoms with Crippen LogP contribution >= 0.6 is 11.6 Å². The van der Waals surface area contributed by atoms with Gasteiger partial charge in [0.2, 0.25) is 0 Å². The fourth-order valence-corrected chi connectivity index (χ4v) is 1.93. The molecule has 1 rings (SSSR count). The smallest absolute Gasteiger partial charge is 0.324 e. The molecule has 3 heteroatoms. The lowest BCUT2D eigenvalue weighted by molar-refractivity contribution is -0.140. The summed E-state index contributed by atoms with van der Waals surface area (Å²) in [5.74, 6) is -0.368. The first-order valence-electron chi connectivity index (χ1n) is 5.47. The number of aryl methyl sites for hydroxylation is 1. The molecule has 1 aromatic rings. The molecule has 88 valence electrons. The van der Waals surface area contributed by atoms with E-state index < -0.39 is 5.38 Å². The Morgan fingerprint density at radius 1 is 1.38 bits per heavy atom. The highest BCUT2D eigenvalue weighted by molar-refractivity contribution is 6.30. The van der Waals surface area contributed by atoms with E-state index in [1.807, 2.05) is 18.2 Å². The first-order chi connectivity index (χ1) is 7.69. The lowest BCUT2D eigenvalue weighted by atomic mass is 9.99. The second-order valence-electron chi connectivity index (χ2n) is 3.71. The van der Waals surface area contributed by atoms with E-state index in [2.05, 4.69) is 17.7 Å². The molecule has 0 spiro atoms. The Labute approximate surface area is 102 Å². The molecule has 0 heterocycles. The van der Waals surface area contributed by atoms with E-state index >= 15 is 0 Å². The third-order valence-corrected chi connectivity index (χ3v) is 2.83. The van der Waals surface area contributed by atoms with Crippen molar-refractivity contribution < 1.29 is 9.53 Å². The molecule has 0 aromatic heterocycles. The van der Waals surface area contributed by atoms with Crippen molar-refractivity contribution in [1.82, 2.24) is 0 Å². The van der Waals surface area contributed by atoms with Gasteiger partial charge in [-0.1, -0.05) is 37.6 Å². The first-order valence-corrected chi connectivity index (χ1v) is 5.91. The minimum absolute atomic E-state index is 0.368. The van der Waals surface area contributed by atoms with Gasteiger partial charge in [0, 0.05) is 0 Å². The first kappa shape index (κ1) is 13.0. The van der Waals surface area contributed by atoms with Crippen molar-refractivity contribution in [2.45, 2.75) is 31.6 Å². The van der Waals surface area contributed by atoms with Crippen molar-refractivity contribution in [3.63, 3.8) is 0 Å². The lowest BCUT2D eigenvalue weighted by Gasteiger charge is -2.11. The normalized spacial score (nSPS) is 12.2. The summed E-state index contributed by atoms with van der Waals surface area (Å²) in [6.45, 7) is 2.13. The molecule has 0 N–H and O–H groups in total. The second kappa shape index (κ2) is 6.54. The zero-order chi connectivity index (χ0) is 12.0. The van der Waals surface area contributed by atoms with Gasteiger partial charge in [0.25, 0.3) is 0 Å². The lowest BCUT2D eigenvalue weighted by Crippen LogP contribution is -2.19. The number of benzene rings is 1. The number of ether oxygens (including phenoxy) is 1. The fourth-order valence-electron chi connectivity index (χ4n) is 1.67. The summed E-state index contributed by atoms with van der Waals surface area (Å²) in [4.78, 5) is 11.2. The molecule has 16 heavy (non-hydrogen) atoms. The van der Waals surface area contributed by atoms with Crippen LogP contribution in [0.25, 0.3) is 0 Å². The van der Waals surface area contributed by atoms with Crippen LogP contribution in [0.2, 0.25) is 0 Å². The maximum atomic E-state index is 11.2. The molecule has 2 nitrogen and oxygen atoms in total. The molecule has 0 radical (unpaired) electrons. The zero-order valence-corrected chi connectivity index (χ0v) is 10.5. The van der Waals surface area contributed by atoms with Gasteiger partial charge in [0.15, 0.2) is 0 Å². The molecule has 0 fully saturated rings. The molecule has 1 aromatic carbocycles. The molecule has 0 aliphatic heterocycles. The summed E-state index contributed by atoms with van der Waals surface area (Å²) in [6.07, 6.45) is 2.63. The summed E-state index contributed by atoms with van der Waals surface area (Å²) in [5.41, 5.74) is 2.40. The molecule has 0 aliphatic carbocycles. The van der Waals surface area contributed by atoms with Crippen molar-refractivity contribution in [1.29, 1.82) is 0 Å².